The molecular weight excluding hydrogens is 467 g/mol. The van der Waals surface area contributed by atoms with Gasteiger partial charge in [-0.05, 0) is 53.6 Å². The van der Waals surface area contributed by atoms with Crippen molar-refractivity contribution in [2.24, 2.45) is 0 Å². The second-order valence-corrected chi connectivity index (χ2v) is 9.08. The van der Waals surface area contributed by atoms with Crippen LogP contribution in [-0.4, -0.2) is 38.3 Å². The van der Waals surface area contributed by atoms with E-state index in [0.29, 0.717) is 27.8 Å². The van der Waals surface area contributed by atoms with Gasteiger partial charge in [-0.3, -0.25) is 4.90 Å². The number of anilines is 1. The smallest absolute Gasteiger partial charge is 0.0992 e. The van der Waals surface area contributed by atoms with Crippen LogP contribution in [0.15, 0.2) is 66.7 Å². The zero-order valence-electron chi connectivity index (χ0n) is 18.8. The average molecular weight is 491 g/mol. The molecule has 4 rings (SSSR count). The predicted octanol–water partition coefficient (Wildman–Crippen LogP) is 5.99. The van der Waals surface area contributed by atoms with Crippen LogP contribution in [0.1, 0.15) is 34.3 Å². The van der Waals surface area contributed by atoms with Crippen LogP contribution >= 0.6 is 23.2 Å². The van der Waals surface area contributed by atoms with E-state index in [-0.39, 0.29) is 12.1 Å². The first-order chi connectivity index (χ1) is 16.5. The highest BCUT2D eigenvalue weighted by atomic mass is 35.5. The molecule has 0 radical (unpaired) electrons. The van der Waals surface area contributed by atoms with Gasteiger partial charge in [0.2, 0.25) is 0 Å². The Hall–Kier alpha value is -3.06. The maximum absolute atomic E-state index is 9.24. The lowest BCUT2D eigenvalue weighted by molar-refractivity contribution is 0.0758. The quantitative estimate of drug-likeness (QED) is 0.424. The van der Waals surface area contributed by atoms with Crippen LogP contribution < -0.4 is 4.90 Å². The largest absolute Gasteiger partial charge is 0.383 e. The first-order valence-electron chi connectivity index (χ1n) is 11.0. The minimum absolute atomic E-state index is 0.0224. The molecule has 1 heterocycles. The Morgan fingerprint density at radius 3 is 2.24 bits per heavy atom. The van der Waals surface area contributed by atoms with E-state index >= 15 is 0 Å². The average Bonchev–Trinajstić information content (AvgIpc) is 2.87. The van der Waals surface area contributed by atoms with Crippen LogP contribution in [0.5, 0.6) is 0 Å². The van der Waals surface area contributed by atoms with Crippen molar-refractivity contribution in [1.29, 1.82) is 10.5 Å². The van der Waals surface area contributed by atoms with Crippen LogP contribution in [0, 0.1) is 22.7 Å². The Kier molecular flexibility index (Phi) is 7.73. The van der Waals surface area contributed by atoms with Gasteiger partial charge < -0.3 is 9.64 Å². The third-order valence-electron chi connectivity index (χ3n) is 6.24. The monoisotopic (exact) mass is 490 g/mol. The fourth-order valence-electron chi connectivity index (χ4n) is 4.51. The van der Waals surface area contributed by atoms with Crippen molar-refractivity contribution in [2.45, 2.75) is 12.1 Å². The molecule has 1 aliphatic heterocycles. The molecule has 0 saturated carbocycles. The van der Waals surface area contributed by atoms with Gasteiger partial charge in [0.25, 0.3) is 0 Å². The second-order valence-electron chi connectivity index (χ2n) is 8.24. The summed E-state index contributed by atoms with van der Waals surface area (Å²) in [4.78, 5) is 4.71. The molecular formula is C27H24Cl2N4O. The van der Waals surface area contributed by atoms with Crippen molar-refractivity contribution in [1.82, 2.24) is 4.90 Å². The molecule has 2 atom stereocenters. The lowest BCUT2D eigenvalue weighted by Gasteiger charge is -2.46. The van der Waals surface area contributed by atoms with Gasteiger partial charge in [-0.25, -0.2) is 0 Å². The summed E-state index contributed by atoms with van der Waals surface area (Å²) in [5.74, 6) is 0. The third kappa shape index (κ3) is 5.20. The van der Waals surface area contributed by atoms with E-state index in [4.69, 9.17) is 33.2 Å². The molecule has 0 aliphatic carbocycles. The van der Waals surface area contributed by atoms with Crippen LogP contribution in [0.25, 0.3) is 0 Å². The first kappa shape index (κ1) is 24.1. The molecule has 1 fully saturated rings. The molecule has 34 heavy (non-hydrogen) atoms. The standard InChI is InChI=1S/C27H24Cl2N4O/c1-34-18-27(22-5-2-19(15-30)3-6-22)32-12-13-33(25-11-4-20(16-31)14-24(25)29)26(17-32)21-7-9-23(28)10-8-21/h2-11,14,26-27H,12-13,17-18H2,1H3/t26-,27+/m0/s1. The number of halogens is 2. The summed E-state index contributed by atoms with van der Waals surface area (Å²) in [5.41, 5.74) is 4.32. The van der Waals surface area contributed by atoms with Crippen LogP contribution in [0.4, 0.5) is 5.69 Å². The van der Waals surface area contributed by atoms with Crippen molar-refractivity contribution in [3.05, 3.63) is 99.0 Å². The number of methoxy groups -OCH3 is 1. The van der Waals surface area contributed by atoms with Gasteiger partial charge in [-0.2, -0.15) is 10.5 Å². The van der Waals surface area contributed by atoms with Crippen molar-refractivity contribution >= 4 is 28.9 Å². The molecule has 1 saturated heterocycles. The predicted molar refractivity (Wildman–Crippen MR) is 135 cm³/mol. The Bertz CT molecular complexity index is 1220. The van der Waals surface area contributed by atoms with E-state index < -0.39 is 0 Å². The van der Waals surface area contributed by atoms with Gasteiger partial charge in [0.1, 0.15) is 0 Å². The second kappa shape index (κ2) is 10.9. The number of ether oxygens (including phenoxy) is 1. The molecule has 1 aliphatic rings. The molecule has 172 valence electrons. The normalized spacial score (nSPS) is 17.1. The fourth-order valence-corrected chi connectivity index (χ4v) is 4.92. The summed E-state index contributed by atoms with van der Waals surface area (Å²) in [7, 11) is 1.71. The van der Waals surface area contributed by atoms with Crippen molar-refractivity contribution in [2.75, 3.05) is 38.3 Å². The van der Waals surface area contributed by atoms with Crippen molar-refractivity contribution in [3.8, 4) is 12.1 Å². The summed E-state index contributed by atoms with van der Waals surface area (Å²) in [5, 5.41) is 19.7. The first-order valence-corrected chi connectivity index (χ1v) is 11.7. The molecule has 3 aromatic rings. The Labute approximate surface area is 210 Å². The number of nitrogens with zero attached hydrogens (tertiary/aromatic N) is 4. The molecule has 3 aromatic carbocycles. The highest BCUT2D eigenvalue weighted by molar-refractivity contribution is 6.33. The van der Waals surface area contributed by atoms with E-state index in [1.165, 1.54) is 0 Å². The number of hydrogen-bond donors (Lipinski definition) is 0. The Morgan fingerprint density at radius 1 is 0.941 bits per heavy atom. The number of hydrogen-bond acceptors (Lipinski definition) is 5. The highest BCUT2D eigenvalue weighted by Gasteiger charge is 2.33. The summed E-state index contributed by atoms with van der Waals surface area (Å²) in [6, 6.07) is 25.5. The molecule has 7 heteroatoms. The van der Waals surface area contributed by atoms with E-state index in [1.807, 2.05) is 54.6 Å². The van der Waals surface area contributed by atoms with E-state index in [2.05, 4.69) is 21.9 Å². The molecule has 5 nitrogen and oxygen atoms in total. The number of nitriles is 2. The molecule has 0 aromatic heterocycles. The molecule has 0 bridgehead atoms. The maximum atomic E-state index is 9.24. The lowest BCUT2D eigenvalue weighted by atomic mass is 9.97. The highest BCUT2D eigenvalue weighted by Crippen LogP contribution is 2.38. The molecule has 0 N–H and O–H groups in total. The molecule has 0 amide bonds. The minimum atomic E-state index is 0.0224. The lowest BCUT2D eigenvalue weighted by Crippen LogP contribution is -2.50. The number of piperazine rings is 1. The molecule has 0 unspecified atom stereocenters. The zero-order chi connectivity index (χ0) is 24.1. The van der Waals surface area contributed by atoms with Crippen molar-refractivity contribution in [3.63, 3.8) is 0 Å². The van der Waals surface area contributed by atoms with Gasteiger partial charge in [-0.15, -0.1) is 0 Å². The zero-order valence-corrected chi connectivity index (χ0v) is 20.3. The number of benzene rings is 3. The van der Waals surface area contributed by atoms with Gasteiger partial charge in [0, 0.05) is 31.8 Å². The van der Waals surface area contributed by atoms with Crippen LogP contribution in [0.2, 0.25) is 10.0 Å². The summed E-state index contributed by atoms with van der Waals surface area (Å²) in [6.07, 6.45) is 0. The van der Waals surface area contributed by atoms with Gasteiger partial charge in [0.05, 0.1) is 52.7 Å². The molecule has 0 spiro atoms. The SMILES string of the molecule is COC[C@H](c1ccc(C#N)cc1)N1CCN(c2ccc(C#N)cc2Cl)[C@H](c2ccc(Cl)cc2)C1. The third-order valence-corrected chi connectivity index (χ3v) is 6.80. The maximum Gasteiger partial charge on any atom is 0.0992 e. The van der Waals surface area contributed by atoms with Crippen LogP contribution in [0.3, 0.4) is 0 Å². The number of rotatable bonds is 6. The summed E-state index contributed by atoms with van der Waals surface area (Å²) < 4.78 is 5.59. The summed E-state index contributed by atoms with van der Waals surface area (Å²) >= 11 is 12.8. The summed E-state index contributed by atoms with van der Waals surface area (Å²) in [6.45, 7) is 2.83. The fraction of sp³-hybridized carbons (Fsp3) is 0.259. The van der Waals surface area contributed by atoms with E-state index in [9.17, 15) is 5.26 Å². The topological polar surface area (TPSA) is 63.3 Å². The Morgan fingerprint density at radius 2 is 1.62 bits per heavy atom. The van der Waals surface area contributed by atoms with Crippen LogP contribution in [-0.2, 0) is 4.74 Å². The van der Waals surface area contributed by atoms with Gasteiger partial charge in [0.15, 0.2) is 0 Å². The Balaban J connectivity index is 1.69. The van der Waals surface area contributed by atoms with Gasteiger partial charge in [-0.1, -0.05) is 47.5 Å². The van der Waals surface area contributed by atoms with Crippen molar-refractivity contribution < 1.29 is 4.74 Å². The van der Waals surface area contributed by atoms with Gasteiger partial charge >= 0.3 is 0 Å². The minimum Gasteiger partial charge on any atom is -0.383 e. The van der Waals surface area contributed by atoms with E-state index in [0.717, 1.165) is 36.4 Å². The van der Waals surface area contributed by atoms with E-state index in [1.54, 1.807) is 19.2 Å².